The smallest absolute Gasteiger partial charge is 0.193 e. The lowest BCUT2D eigenvalue weighted by Crippen LogP contribution is -2.50. The van der Waals surface area contributed by atoms with E-state index >= 15 is 0 Å². The van der Waals surface area contributed by atoms with E-state index < -0.39 is 0 Å². The van der Waals surface area contributed by atoms with Gasteiger partial charge in [0, 0.05) is 44.4 Å². The number of guanidine groups is 1. The zero-order valence-corrected chi connectivity index (χ0v) is 18.3. The molecule has 1 fully saturated rings. The molecule has 152 valence electrons. The summed E-state index contributed by atoms with van der Waals surface area (Å²) in [4.78, 5) is 6.71. The molecule has 1 aromatic heterocycles. The maximum Gasteiger partial charge on any atom is 0.193 e. The van der Waals surface area contributed by atoms with Crippen LogP contribution in [0.15, 0.2) is 35.6 Å². The highest BCUT2D eigenvalue weighted by molar-refractivity contribution is 6.42. The number of aryl methyl sites for hydroxylation is 1. The Bertz CT molecular complexity index is 849. The van der Waals surface area contributed by atoms with Crippen molar-refractivity contribution in [1.29, 1.82) is 0 Å². The first kappa shape index (κ1) is 21.0. The molecule has 1 atom stereocenters. The van der Waals surface area contributed by atoms with Crippen LogP contribution in [0.1, 0.15) is 31.1 Å². The molecular weight excluding hydrogens is 397 g/mol. The Morgan fingerprint density at radius 2 is 2.14 bits per heavy atom. The molecule has 1 aromatic carbocycles. The molecule has 0 spiro atoms. The third-order valence-electron chi connectivity index (χ3n) is 5.06. The molecule has 0 radical (unpaired) electrons. The van der Waals surface area contributed by atoms with E-state index in [-0.39, 0.29) is 11.5 Å². The first-order valence-electron chi connectivity index (χ1n) is 9.31. The van der Waals surface area contributed by atoms with E-state index in [9.17, 15) is 0 Å². The molecule has 0 bridgehead atoms. The van der Waals surface area contributed by atoms with Crippen LogP contribution < -0.4 is 5.32 Å². The van der Waals surface area contributed by atoms with Crippen LogP contribution in [0.3, 0.4) is 0 Å². The van der Waals surface area contributed by atoms with E-state index in [0.29, 0.717) is 23.2 Å². The van der Waals surface area contributed by atoms with E-state index in [1.165, 1.54) is 0 Å². The van der Waals surface area contributed by atoms with Gasteiger partial charge < -0.3 is 15.0 Å². The highest BCUT2D eigenvalue weighted by Crippen LogP contribution is 2.29. The standard InChI is InChI=1S/C20H27Cl2N5O/c1-20(2,15-5-6-16(21)17(22)9-15)13-24-19(23-3)27-7-8-28-18(12-27)14-10-25-26(4)11-14/h5-6,9-11,18H,7-8,12-13H2,1-4H3,(H,23,24). The summed E-state index contributed by atoms with van der Waals surface area (Å²) in [7, 11) is 3.72. The summed E-state index contributed by atoms with van der Waals surface area (Å²) in [5.41, 5.74) is 2.07. The number of hydrogen-bond donors (Lipinski definition) is 1. The summed E-state index contributed by atoms with van der Waals surface area (Å²) >= 11 is 12.3. The van der Waals surface area contributed by atoms with Crippen molar-refractivity contribution in [2.24, 2.45) is 12.0 Å². The van der Waals surface area contributed by atoms with Crippen LogP contribution in [-0.2, 0) is 17.2 Å². The zero-order valence-electron chi connectivity index (χ0n) is 16.7. The molecule has 28 heavy (non-hydrogen) atoms. The molecule has 0 saturated carbocycles. The predicted molar refractivity (Wildman–Crippen MR) is 114 cm³/mol. The van der Waals surface area contributed by atoms with Crippen LogP contribution in [0, 0.1) is 0 Å². The maximum absolute atomic E-state index is 6.20. The lowest BCUT2D eigenvalue weighted by molar-refractivity contribution is -0.00808. The normalized spacial score (nSPS) is 18.4. The number of ether oxygens (including phenoxy) is 1. The number of morpholine rings is 1. The van der Waals surface area contributed by atoms with Gasteiger partial charge in [0.25, 0.3) is 0 Å². The lowest BCUT2D eigenvalue weighted by atomic mass is 9.84. The molecule has 1 N–H and O–H groups in total. The summed E-state index contributed by atoms with van der Waals surface area (Å²) < 4.78 is 7.73. The second kappa shape index (κ2) is 8.72. The number of benzene rings is 1. The van der Waals surface area contributed by atoms with Crippen molar-refractivity contribution in [2.75, 3.05) is 33.3 Å². The molecule has 8 heteroatoms. The molecule has 2 heterocycles. The Kier molecular flexibility index (Phi) is 6.53. The Morgan fingerprint density at radius 3 is 2.79 bits per heavy atom. The minimum Gasteiger partial charge on any atom is -0.370 e. The highest BCUT2D eigenvalue weighted by Gasteiger charge is 2.27. The van der Waals surface area contributed by atoms with E-state index in [1.54, 1.807) is 4.68 Å². The molecule has 3 rings (SSSR count). The SMILES string of the molecule is CN=C(NCC(C)(C)c1ccc(Cl)c(Cl)c1)N1CCOC(c2cnn(C)c2)C1. The fraction of sp³-hybridized carbons (Fsp3) is 0.500. The molecule has 2 aromatic rings. The molecule has 1 unspecified atom stereocenters. The summed E-state index contributed by atoms with van der Waals surface area (Å²) in [5.74, 6) is 0.866. The Hall–Kier alpha value is -1.76. The molecular formula is C20H27Cl2N5O. The monoisotopic (exact) mass is 423 g/mol. The highest BCUT2D eigenvalue weighted by atomic mass is 35.5. The quantitative estimate of drug-likeness (QED) is 0.602. The Labute approximate surface area is 176 Å². The van der Waals surface area contributed by atoms with Crippen molar-refractivity contribution in [3.63, 3.8) is 0 Å². The van der Waals surface area contributed by atoms with Crippen LogP contribution in [0.2, 0.25) is 10.0 Å². The Morgan fingerprint density at radius 1 is 1.36 bits per heavy atom. The van der Waals surface area contributed by atoms with Crippen LogP contribution in [0.25, 0.3) is 0 Å². The van der Waals surface area contributed by atoms with E-state index in [0.717, 1.165) is 30.2 Å². The van der Waals surface area contributed by atoms with Gasteiger partial charge in [-0.3, -0.25) is 9.67 Å². The largest absolute Gasteiger partial charge is 0.370 e. The predicted octanol–water partition coefficient (Wildman–Crippen LogP) is 3.65. The number of aromatic nitrogens is 2. The van der Waals surface area contributed by atoms with Crippen molar-refractivity contribution < 1.29 is 4.74 Å². The minimum absolute atomic E-state index is 0.0101. The summed E-state index contributed by atoms with van der Waals surface area (Å²) in [5, 5.41) is 8.90. The lowest BCUT2D eigenvalue weighted by Gasteiger charge is -2.36. The first-order valence-corrected chi connectivity index (χ1v) is 10.1. The van der Waals surface area contributed by atoms with E-state index in [4.69, 9.17) is 27.9 Å². The third-order valence-corrected chi connectivity index (χ3v) is 5.80. The van der Waals surface area contributed by atoms with E-state index in [1.807, 2.05) is 44.7 Å². The molecule has 1 saturated heterocycles. The van der Waals surface area contributed by atoms with Gasteiger partial charge in [0.1, 0.15) is 6.10 Å². The van der Waals surface area contributed by atoms with Gasteiger partial charge in [0.05, 0.1) is 29.4 Å². The van der Waals surface area contributed by atoms with Gasteiger partial charge in [-0.15, -0.1) is 0 Å². The fourth-order valence-corrected chi connectivity index (χ4v) is 3.60. The second-order valence-corrected chi connectivity index (χ2v) is 8.48. The van der Waals surface area contributed by atoms with Crippen LogP contribution in [0.5, 0.6) is 0 Å². The minimum atomic E-state index is -0.140. The van der Waals surface area contributed by atoms with Gasteiger partial charge in [-0.2, -0.15) is 5.10 Å². The zero-order chi connectivity index (χ0) is 20.3. The van der Waals surface area contributed by atoms with Gasteiger partial charge >= 0.3 is 0 Å². The molecule has 0 aliphatic carbocycles. The molecule has 1 aliphatic heterocycles. The van der Waals surface area contributed by atoms with Gasteiger partial charge in [-0.25, -0.2) is 0 Å². The molecule has 6 nitrogen and oxygen atoms in total. The van der Waals surface area contributed by atoms with Gasteiger partial charge in [-0.1, -0.05) is 43.1 Å². The third kappa shape index (κ3) is 4.80. The van der Waals surface area contributed by atoms with Crippen molar-refractivity contribution in [1.82, 2.24) is 20.0 Å². The number of rotatable bonds is 4. The van der Waals surface area contributed by atoms with Crippen molar-refractivity contribution in [3.05, 3.63) is 51.8 Å². The average molecular weight is 424 g/mol. The van der Waals surface area contributed by atoms with Gasteiger partial charge in [-0.05, 0) is 17.7 Å². The number of hydrogen-bond acceptors (Lipinski definition) is 3. The fourth-order valence-electron chi connectivity index (χ4n) is 3.30. The van der Waals surface area contributed by atoms with Crippen LogP contribution in [0.4, 0.5) is 0 Å². The average Bonchev–Trinajstić information content (AvgIpc) is 3.11. The van der Waals surface area contributed by atoms with Gasteiger partial charge in [0.2, 0.25) is 0 Å². The second-order valence-electron chi connectivity index (χ2n) is 7.67. The van der Waals surface area contributed by atoms with Crippen molar-refractivity contribution in [3.8, 4) is 0 Å². The first-order chi connectivity index (χ1) is 13.3. The van der Waals surface area contributed by atoms with E-state index in [2.05, 4.69) is 34.2 Å². The Balaban J connectivity index is 1.65. The maximum atomic E-state index is 6.20. The summed E-state index contributed by atoms with van der Waals surface area (Å²) in [6.45, 7) is 7.24. The molecule has 1 aliphatic rings. The van der Waals surface area contributed by atoms with Gasteiger partial charge in [0.15, 0.2) is 5.96 Å². The number of halogens is 2. The topological polar surface area (TPSA) is 54.7 Å². The number of nitrogens with zero attached hydrogens (tertiary/aromatic N) is 4. The van der Waals surface area contributed by atoms with Crippen molar-refractivity contribution in [2.45, 2.75) is 25.4 Å². The van der Waals surface area contributed by atoms with Crippen molar-refractivity contribution >= 4 is 29.2 Å². The summed E-state index contributed by atoms with van der Waals surface area (Å²) in [6.07, 6.45) is 3.85. The number of aliphatic imine (C=N–C) groups is 1. The summed E-state index contributed by atoms with van der Waals surface area (Å²) in [6, 6.07) is 5.80. The van der Waals surface area contributed by atoms with Crippen LogP contribution >= 0.6 is 23.2 Å². The molecule has 0 amide bonds. The number of nitrogens with one attached hydrogen (secondary N) is 1. The van der Waals surface area contributed by atoms with Crippen LogP contribution in [-0.4, -0.2) is 53.9 Å².